The molecule has 3 aromatic rings. The molecule has 84 valence electrons. The summed E-state index contributed by atoms with van der Waals surface area (Å²) in [5, 5.41) is 2.82. The Balaban J connectivity index is 1.87. The van der Waals surface area contributed by atoms with Crippen molar-refractivity contribution in [2.75, 3.05) is 5.32 Å². The second-order valence-corrected chi connectivity index (χ2v) is 5.13. The lowest BCUT2D eigenvalue weighted by atomic mass is 10.3. The summed E-state index contributed by atoms with van der Waals surface area (Å²) in [5.41, 5.74) is 5.08. The molecular weight excluding hydrogens is 254 g/mol. The minimum atomic E-state index is -0.137. The number of anilines is 1. The lowest BCUT2D eigenvalue weighted by Gasteiger charge is -2.02. The topological polar surface area (TPSA) is 54.9 Å². The van der Waals surface area contributed by atoms with Crippen LogP contribution in [0.25, 0.3) is 10.2 Å². The molecule has 1 amide bonds. The van der Waals surface area contributed by atoms with E-state index in [-0.39, 0.29) is 5.91 Å². The Labute approximate surface area is 105 Å². The van der Waals surface area contributed by atoms with Crippen molar-refractivity contribution in [1.82, 2.24) is 9.97 Å². The van der Waals surface area contributed by atoms with Crippen LogP contribution in [0.4, 0.5) is 5.69 Å². The van der Waals surface area contributed by atoms with Crippen LogP contribution in [-0.2, 0) is 0 Å². The number of hydrogen-bond donors (Lipinski definition) is 1. The van der Waals surface area contributed by atoms with Gasteiger partial charge >= 0.3 is 0 Å². The summed E-state index contributed by atoms with van der Waals surface area (Å²) >= 11 is 2.90. The molecule has 0 radical (unpaired) electrons. The van der Waals surface area contributed by atoms with Crippen LogP contribution in [0.15, 0.2) is 35.4 Å². The van der Waals surface area contributed by atoms with E-state index in [2.05, 4.69) is 15.3 Å². The Morgan fingerprint density at radius 1 is 1.24 bits per heavy atom. The molecule has 0 spiro atoms. The van der Waals surface area contributed by atoms with Crippen LogP contribution in [0, 0.1) is 0 Å². The van der Waals surface area contributed by atoms with Crippen molar-refractivity contribution >= 4 is 44.5 Å². The number of nitrogens with zero attached hydrogens (tertiary/aromatic N) is 2. The molecule has 0 atom stereocenters. The summed E-state index contributed by atoms with van der Waals surface area (Å²) in [6, 6.07) is 5.69. The van der Waals surface area contributed by atoms with E-state index in [9.17, 15) is 4.79 Å². The van der Waals surface area contributed by atoms with Crippen LogP contribution >= 0.6 is 22.7 Å². The van der Waals surface area contributed by atoms with Crippen LogP contribution < -0.4 is 5.32 Å². The first-order valence-corrected chi connectivity index (χ1v) is 6.62. The van der Waals surface area contributed by atoms with E-state index >= 15 is 0 Å². The highest BCUT2D eigenvalue weighted by atomic mass is 32.1. The van der Waals surface area contributed by atoms with Crippen LogP contribution in [0.5, 0.6) is 0 Å². The van der Waals surface area contributed by atoms with Gasteiger partial charge in [0.25, 0.3) is 5.91 Å². The smallest absolute Gasteiger partial charge is 0.267 e. The molecule has 0 fully saturated rings. The van der Waals surface area contributed by atoms with Gasteiger partial charge in [-0.3, -0.25) is 9.78 Å². The van der Waals surface area contributed by atoms with Crippen molar-refractivity contribution in [1.29, 1.82) is 0 Å². The third-order valence-corrected chi connectivity index (χ3v) is 3.83. The predicted octanol–water partition coefficient (Wildman–Crippen LogP) is 3.01. The fraction of sp³-hybridized carbons (Fsp3) is 0. The molecule has 0 unspecified atom stereocenters. The summed E-state index contributed by atoms with van der Waals surface area (Å²) in [7, 11) is 0. The van der Waals surface area contributed by atoms with Crippen molar-refractivity contribution in [3.63, 3.8) is 0 Å². The molecule has 2 aromatic heterocycles. The highest BCUT2D eigenvalue weighted by molar-refractivity contribution is 7.16. The van der Waals surface area contributed by atoms with E-state index in [0.29, 0.717) is 4.88 Å². The van der Waals surface area contributed by atoms with E-state index in [1.54, 1.807) is 28.6 Å². The molecule has 1 aromatic carbocycles. The normalized spacial score (nSPS) is 10.6. The molecule has 0 bridgehead atoms. The van der Waals surface area contributed by atoms with Gasteiger partial charge in [0.1, 0.15) is 4.88 Å². The zero-order chi connectivity index (χ0) is 11.7. The Morgan fingerprint density at radius 3 is 3.00 bits per heavy atom. The SMILES string of the molecule is O=C(Nc1ccc2scnc2c1)c1cncs1. The molecule has 6 heteroatoms. The third kappa shape index (κ3) is 2.04. The molecule has 17 heavy (non-hydrogen) atoms. The van der Waals surface area contributed by atoms with Gasteiger partial charge < -0.3 is 5.32 Å². The largest absolute Gasteiger partial charge is 0.321 e. The zero-order valence-corrected chi connectivity index (χ0v) is 10.2. The minimum Gasteiger partial charge on any atom is -0.321 e. The molecule has 1 N–H and O–H groups in total. The van der Waals surface area contributed by atoms with Crippen LogP contribution in [-0.4, -0.2) is 15.9 Å². The molecule has 0 saturated heterocycles. The van der Waals surface area contributed by atoms with Gasteiger partial charge in [0.2, 0.25) is 0 Å². The summed E-state index contributed by atoms with van der Waals surface area (Å²) in [4.78, 5) is 20.5. The van der Waals surface area contributed by atoms with Crippen LogP contribution in [0.3, 0.4) is 0 Å². The first-order valence-electron chi connectivity index (χ1n) is 4.86. The molecule has 0 aliphatic carbocycles. The van der Waals surface area contributed by atoms with Gasteiger partial charge in [-0.1, -0.05) is 0 Å². The van der Waals surface area contributed by atoms with Crippen molar-refractivity contribution in [3.05, 3.63) is 40.3 Å². The number of amides is 1. The third-order valence-electron chi connectivity index (χ3n) is 2.24. The van der Waals surface area contributed by atoms with E-state index in [1.807, 2.05) is 18.2 Å². The number of benzene rings is 1. The molecule has 3 rings (SSSR count). The monoisotopic (exact) mass is 261 g/mol. The van der Waals surface area contributed by atoms with Crippen molar-refractivity contribution in [3.8, 4) is 0 Å². The number of nitrogens with one attached hydrogen (secondary N) is 1. The van der Waals surface area contributed by atoms with Crippen molar-refractivity contribution < 1.29 is 4.79 Å². The summed E-state index contributed by atoms with van der Waals surface area (Å²) in [5.74, 6) is -0.137. The number of hydrogen-bond acceptors (Lipinski definition) is 5. The Morgan fingerprint density at radius 2 is 2.18 bits per heavy atom. The molecule has 4 nitrogen and oxygen atoms in total. The van der Waals surface area contributed by atoms with Gasteiger partial charge in [0.15, 0.2) is 0 Å². The fourth-order valence-electron chi connectivity index (χ4n) is 1.46. The van der Waals surface area contributed by atoms with Crippen LogP contribution in [0.2, 0.25) is 0 Å². The van der Waals surface area contributed by atoms with E-state index in [1.165, 1.54) is 11.3 Å². The van der Waals surface area contributed by atoms with Gasteiger partial charge in [-0.2, -0.15) is 0 Å². The highest BCUT2D eigenvalue weighted by Crippen LogP contribution is 2.22. The summed E-state index contributed by atoms with van der Waals surface area (Å²) in [6.07, 6.45) is 1.56. The van der Waals surface area contributed by atoms with Crippen molar-refractivity contribution in [2.45, 2.75) is 0 Å². The number of fused-ring (bicyclic) bond motifs is 1. The second-order valence-electron chi connectivity index (χ2n) is 3.35. The average molecular weight is 261 g/mol. The van der Waals surface area contributed by atoms with E-state index in [4.69, 9.17) is 0 Å². The number of carbonyl (C=O) groups is 1. The Kier molecular flexibility index (Phi) is 2.58. The average Bonchev–Trinajstić information content (AvgIpc) is 2.99. The summed E-state index contributed by atoms with van der Waals surface area (Å²) < 4.78 is 1.11. The Bertz CT molecular complexity index is 660. The van der Waals surface area contributed by atoms with Gasteiger partial charge in [-0.15, -0.1) is 22.7 Å². The molecular formula is C11H7N3OS2. The number of aromatic nitrogens is 2. The van der Waals surface area contributed by atoms with Gasteiger partial charge in [-0.25, -0.2) is 4.98 Å². The molecule has 0 aliphatic heterocycles. The standard InChI is InChI=1S/C11H7N3OS2/c15-11(10-4-12-5-16-10)14-7-1-2-9-8(3-7)13-6-17-9/h1-6H,(H,14,15). The number of carbonyl (C=O) groups excluding carboxylic acids is 1. The predicted molar refractivity (Wildman–Crippen MR) is 69.7 cm³/mol. The van der Waals surface area contributed by atoms with Gasteiger partial charge in [0.05, 0.1) is 27.4 Å². The number of rotatable bonds is 2. The maximum atomic E-state index is 11.8. The molecule has 2 heterocycles. The van der Waals surface area contributed by atoms with Crippen molar-refractivity contribution in [2.24, 2.45) is 0 Å². The second kappa shape index (κ2) is 4.23. The number of thiazole rings is 2. The first kappa shape index (κ1) is 10.4. The quantitative estimate of drug-likeness (QED) is 0.771. The maximum Gasteiger partial charge on any atom is 0.267 e. The Hall–Kier alpha value is -1.79. The maximum absolute atomic E-state index is 11.8. The highest BCUT2D eigenvalue weighted by Gasteiger charge is 2.08. The fourth-order valence-corrected chi connectivity index (χ4v) is 2.63. The molecule has 0 aliphatic rings. The van der Waals surface area contributed by atoms with E-state index < -0.39 is 0 Å². The molecule has 0 saturated carbocycles. The van der Waals surface area contributed by atoms with Crippen LogP contribution in [0.1, 0.15) is 9.67 Å². The lowest BCUT2D eigenvalue weighted by Crippen LogP contribution is -2.09. The van der Waals surface area contributed by atoms with Gasteiger partial charge in [-0.05, 0) is 18.2 Å². The van der Waals surface area contributed by atoms with Gasteiger partial charge in [0, 0.05) is 5.69 Å². The summed E-state index contributed by atoms with van der Waals surface area (Å²) in [6.45, 7) is 0. The lowest BCUT2D eigenvalue weighted by molar-refractivity contribution is 0.103. The minimum absolute atomic E-state index is 0.137. The van der Waals surface area contributed by atoms with E-state index in [0.717, 1.165) is 15.9 Å². The first-order chi connectivity index (χ1) is 8.33. The zero-order valence-electron chi connectivity index (χ0n) is 8.58.